The zero-order valence-corrected chi connectivity index (χ0v) is 10.7. The molecule has 0 saturated heterocycles. The number of carboxylic acid groups (broad SMARTS) is 1. The summed E-state index contributed by atoms with van der Waals surface area (Å²) >= 11 is 1.31. The molecular weight excluding hydrogens is 240 g/mol. The topological polar surface area (TPSA) is 69.6 Å². The number of nitrogens with zero attached hydrogens (tertiary/aromatic N) is 1. The first-order valence-corrected chi connectivity index (χ1v) is 6.29. The van der Waals surface area contributed by atoms with E-state index in [9.17, 15) is 9.59 Å². The molecule has 0 aromatic carbocycles. The van der Waals surface area contributed by atoms with Gasteiger partial charge in [-0.25, -0.2) is 9.59 Å². The normalized spacial score (nSPS) is 11.9. The fourth-order valence-corrected chi connectivity index (χ4v) is 2.20. The molecule has 1 heterocycles. The van der Waals surface area contributed by atoms with E-state index < -0.39 is 12.0 Å². The van der Waals surface area contributed by atoms with Crippen LogP contribution in [0.5, 0.6) is 0 Å². The summed E-state index contributed by atoms with van der Waals surface area (Å²) in [6.07, 6.45) is 0. The summed E-state index contributed by atoms with van der Waals surface area (Å²) in [5.41, 5.74) is 0. The molecule has 17 heavy (non-hydrogen) atoms. The molecule has 1 unspecified atom stereocenters. The molecule has 0 fully saturated rings. The minimum Gasteiger partial charge on any atom is -0.479 e. The number of carbonyl (C=O) groups excluding carboxylic acids is 1. The van der Waals surface area contributed by atoms with Crippen LogP contribution in [0.2, 0.25) is 0 Å². The molecule has 1 aromatic heterocycles. The third-order valence-electron chi connectivity index (χ3n) is 2.39. The number of aliphatic carboxylic acids is 1. The summed E-state index contributed by atoms with van der Waals surface area (Å²) in [6, 6.07) is 2.14. The molecule has 1 atom stereocenters. The number of carboxylic acids is 1. The van der Waals surface area contributed by atoms with E-state index in [1.54, 1.807) is 22.4 Å². The largest absolute Gasteiger partial charge is 0.479 e. The number of amides is 2. The molecular formula is C11H16N2O3S. The van der Waals surface area contributed by atoms with Gasteiger partial charge in [-0.05, 0) is 25.3 Å². The molecule has 0 aliphatic carbocycles. The highest BCUT2D eigenvalue weighted by Gasteiger charge is 2.24. The molecule has 2 amide bonds. The average Bonchev–Trinajstić information content (AvgIpc) is 2.80. The number of hydrogen-bond donors (Lipinski definition) is 2. The van der Waals surface area contributed by atoms with Crippen LogP contribution in [0, 0.1) is 0 Å². The van der Waals surface area contributed by atoms with Crippen LogP contribution in [0.1, 0.15) is 24.8 Å². The minimum absolute atomic E-state index is 0.351. The lowest BCUT2D eigenvalue weighted by Gasteiger charge is -2.22. The number of thiophene rings is 1. The van der Waals surface area contributed by atoms with Gasteiger partial charge in [0.05, 0.1) is 0 Å². The number of rotatable bonds is 5. The van der Waals surface area contributed by atoms with E-state index in [0.29, 0.717) is 18.0 Å². The summed E-state index contributed by atoms with van der Waals surface area (Å²) in [7, 11) is 0. The van der Waals surface area contributed by atoms with Crippen LogP contribution < -0.4 is 5.32 Å². The lowest BCUT2D eigenvalue weighted by atomic mass is 10.2. The fraction of sp³-hybridized carbons (Fsp3) is 0.455. The van der Waals surface area contributed by atoms with Gasteiger partial charge in [0.2, 0.25) is 0 Å². The Balaban J connectivity index is 2.75. The number of nitrogens with one attached hydrogen (secondary N) is 1. The number of hydrogen-bond acceptors (Lipinski definition) is 3. The van der Waals surface area contributed by atoms with Crippen LogP contribution >= 0.6 is 11.3 Å². The maximum absolute atomic E-state index is 11.8. The first-order valence-electron chi connectivity index (χ1n) is 5.41. The van der Waals surface area contributed by atoms with Crippen molar-refractivity contribution < 1.29 is 14.7 Å². The lowest BCUT2D eigenvalue weighted by molar-refractivity contribution is -0.139. The Labute approximate surface area is 104 Å². The third kappa shape index (κ3) is 3.45. The van der Waals surface area contributed by atoms with Crippen molar-refractivity contribution in [3.05, 3.63) is 22.4 Å². The highest BCUT2D eigenvalue weighted by Crippen LogP contribution is 2.19. The molecule has 0 aliphatic rings. The summed E-state index contributed by atoms with van der Waals surface area (Å²) in [4.78, 5) is 25.0. The summed E-state index contributed by atoms with van der Waals surface area (Å²) in [6.45, 7) is 4.81. The SMILES string of the molecule is CCN(CC)C(=O)NC(C(=O)O)c1cccs1. The average molecular weight is 256 g/mol. The molecule has 5 nitrogen and oxygen atoms in total. The second kappa shape index (κ2) is 6.24. The van der Waals surface area contributed by atoms with Crippen LogP contribution in [-0.4, -0.2) is 35.1 Å². The quantitative estimate of drug-likeness (QED) is 0.845. The van der Waals surface area contributed by atoms with E-state index in [2.05, 4.69) is 5.32 Å². The zero-order valence-electron chi connectivity index (χ0n) is 9.84. The van der Waals surface area contributed by atoms with E-state index in [4.69, 9.17) is 5.11 Å². The maximum Gasteiger partial charge on any atom is 0.331 e. The van der Waals surface area contributed by atoms with Crippen LogP contribution in [0.15, 0.2) is 17.5 Å². The molecule has 0 saturated carbocycles. The first kappa shape index (κ1) is 13.5. The van der Waals surface area contributed by atoms with E-state index in [0.717, 1.165) is 0 Å². The minimum atomic E-state index is -1.05. The molecule has 94 valence electrons. The first-order chi connectivity index (χ1) is 8.10. The number of carbonyl (C=O) groups is 2. The molecule has 0 radical (unpaired) electrons. The molecule has 0 bridgehead atoms. The molecule has 0 aliphatic heterocycles. The standard InChI is InChI=1S/C11H16N2O3S/c1-3-13(4-2)11(16)12-9(10(14)15)8-6-5-7-17-8/h5-7,9H,3-4H2,1-2H3,(H,12,16)(H,14,15). The van der Waals surface area contributed by atoms with Gasteiger partial charge in [-0.2, -0.15) is 0 Å². The van der Waals surface area contributed by atoms with Crippen molar-refractivity contribution in [1.29, 1.82) is 0 Å². The number of urea groups is 1. The Morgan fingerprint density at radius 2 is 2.12 bits per heavy atom. The van der Waals surface area contributed by atoms with Crippen molar-refractivity contribution in [3.63, 3.8) is 0 Å². The molecule has 1 rings (SSSR count). The van der Waals surface area contributed by atoms with E-state index in [1.807, 2.05) is 13.8 Å². The van der Waals surface area contributed by atoms with E-state index in [-0.39, 0.29) is 6.03 Å². The van der Waals surface area contributed by atoms with Crippen LogP contribution in [-0.2, 0) is 4.79 Å². The Bertz CT molecular complexity index is 374. The van der Waals surface area contributed by atoms with Gasteiger partial charge in [0.1, 0.15) is 0 Å². The monoisotopic (exact) mass is 256 g/mol. The van der Waals surface area contributed by atoms with Crippen molar-refractivity contribution >= 4 is 23.3 Å². The Hall–Kier alpha value is -1.56. The maximum atomic E-state index is 11.8. The highest BCUT2D eigenvalue weighted by atomic mass is 32.1. The summed E-state index contributed by atoms with van der Waals surface area (Å²) in [5.74, 6) is -1.05. The van der Waals surface area contributed by atoms with Gasteiger partial charge in [0.15, 0.2) is 6.04 Å². The summed E-state index contributed by atoms with van der Waals surface area (Å²) in [5, 5.41) is 13.4. The van der Waals surface area contributed by atoms with Gasteiger partial charge in [0.25, 0.3) is 0 Å². The second-order valence-corrected chi connectivity index (χ2v) is 4.39. The zero-order chi connectivity index (χ0) is 12.8. The van der Waals surface area contributed by atoms with E-state index in [1.165, 1.54) is 11.3 Å². The Kier molecular flexibility index (Phi) is 4.96. The van der Waals surface area contributed by atoms with Crippen molar-refractivity contribution in [2.75, 3.05) is 13.1 Å². The predicted molar refractivity (Wildman–Crippen MR) is 66.1 cm³/mol. The van der Waals surface area contributed by atoms with Crippen molar-refractivity contribution in [2.24, 2.45) is 0 Å². The highest BCUT2D eigenvalue weighted by molar-refractivity contribution is 7.10. The third-order valence-corrected chi connectivity index (χ3v) is 3.33. The Morgan fingerprint density at radius 1 is 1.47 bits per heavy atom. The van der Waals surface area contributed by atoms with Crippen LogP contribution in [0.4, 0.5) is 4.79 Å². The fourth-order valence-electron chi connectivity index (χ4n) is 1.44. The van der Waals surface area contributed by atoms with Gasteiger partial charge in [-0.1, -0.05) is 6.07 Å². The summed E-state index contributed by atoms with van der Waals surface area (Å²) < 4.78 is 0. The Morgan fingerprint density at radius 3 is 2.53 bits per heavy atom. The molecule has 2 N–H and O–H groups in total. The van der Waals surface area contributed by atoms with Crippen molar-refractivity contribution in [2.45, 2.75) is 19.9 Å². The molecule has 6 heteroatoms. The van der Waals surface area contributed by atoms with Crippen LogP contribution in [0.25, 0.3) is 0 Å². The van der Waals surface area contributed by atoms with Gasteiger partial charge in [0, 0.05) is 18.0 Å². The van der Waals surface area contributed by atoms with Gasteiger partial charge >= 0.3 is 12.0 Å². The van der Waals surface area contributed by atoms with E-state index >= 15 is 0 Å². The van der Waals surface area contributed by atoms with Gasteiger partial charge in [-0.3, -0.25) is 0 Å². The smallest absolute Gasteiger partial charge is 0.331 e. The van der Waals surface area contributed by atoms with Gasteiger partial charge in [-0.15, -0.1) is 11.3 Å². The molecule has 1 aromatic rings. The van der Waals surface area contributed by atoms with Crippen molar-refractivity contribution in [1.82, 2.24) is 10.2 Å². The molecule has 0 spiro atoms. The predicted octanol–water partition coefficient (Wildman–Crippen LogP) is 1.93. The van der Waals surface area contributed by atoms with Crippen LogP contribution in [0.3, 0.4) is 0 Å². The second-order valence-electron chi connectivity index (χ2n) is 3.41. The van der Waals surface area contributed by atoms with Gasteiger partial charge < -0.3 is 15.3 Å². The lowest BCUT2D eigenvalue weighted by Crippen LogP contribution is -2.43. The van der Waals surface area contributed by atoms with Crippen molar-refractivity contribution in [3.8, 4) is 0 Å².